The second-order valence-corrected chi connectivity index (χ2v) is 5.65. The van der Waals surface area contributed by atoms with Crippen LogP contribution < -0.4 is 5.32 Å². The number of piperidine rings is 1. The second-order valence-electron chi connectivity index (χ2n) is 5.65. The quantitative estimate of drug-likeness (QED) is 0.795. The maximum absolute atomic E-state index is 12.2. The van der Waals surface area contributed by atoms with E-state index in [1.54, 1.807) is 0 Å². The lowest BCUT2D eigenvalue weighted by Crippen LogP contribution is -2.41. The van der Waals surface area contributed by atoms with Gasteiger partial charge >= 0.3 is 0 Å². The monoisotopic (exact) mass is 238 g/mol. The van der Waals surface area contributed by atoms with Crippen molar-refractivity contribution in [1.82, 2.24) is 10.2 Å². The molecular formula is C14H26N2O. The number of hydrogen-bond acceptors (Lipinski definition) is 2. The molecule has 2 rings (SSSR count). The number of nitrogens with zero attached hydrogens (tertiary/aromatic N) is 1. The number of carbonyl (C=O) groups is 1. The molecule has 1 heterocycles. The van der Waals surface area contributed by atoms with E-state index in [1.807, 2.05) is 0 Å². The van der Waals surface area contributed by atoms with E-state index in [0.717, 1.165) is 32.6 Å². The van der Waals surface area contributed by atoms with Crippen LogP contribution in [0.1, 0.15) is 45.4 Å². The van der Waals surface area contributed by atoms with Crippen LogP contribution in [0.15, 0.2) is 0 Å². The van der Waals surface area contributed by atoms with E-state index in [2.05, 4.69) is 17.1 Å². The molecule has 0 aromatic heterocycles. The lowest BCUT2D eigenvalue weighted by Gasteiger charge is -2.32. The summed E-state index contributed by atoms with van der Waals surface area (Å²) < 4.78 is 0. The Balaban J connectivity index is 1.75. The molecule has 2 fully saturated rings. The van der Waals surface area contributed by atoms with E-state index in [-0.39, 0.29) is 0 Å². The molecule has 2 aliphatic rings. The molecule has 3 heteroatoms. The van der Waals surface area contributed by atoms with Gasteiger partial charge in [0.15, 0.2) is 0 Å². The fourth-order valence-corrected chi connectivity index (χ4v) is 2.87. The number of carbonyl (C=O) groups excluding carboxylic acids is 1. The Morgan fingerprint density at radius 2 is 2.00 bits per heavy atom. The summed E-state index contributed by atoms with van der Waals surface area (Å²) >= 11 is 0. The van der Waals surface area contributed by atoms with Crippen LogP contribution in [0.25, 0.3) is 0 Å². The fraction of sp³-hybridized carbons (Fsp3) is 0.929. The van der Waals surface area contributed by atoms with Gasteiger partial charge in [0.25, 0.3) is 0 Å². The summed E-state index contributed by atoms with van der Waals surface area (Å²) in [4.78, 5) is 14.2. The standard InChI is InChI=1S/C14H26N2O/c1-2-16(11-13-7-4-8-15-10-13)14(17)9-12-5-3-6-12/h12-13,15H,2-11H2,1H3. The molecule has 1 atom stereocenters. The number of rotatable bonds is 5. The lowest BCUT2D eigenvalue weighted by molar-refractivity contribution is -0.133. The highest BCUT2D eigenvalue weighted by Crippen LogP contribution is 2.30. The Morgan fingerprint density at radius 3 is 2.53 bits per heavy atom. The number of hydrogen-bond donors (Lipinski definition) is 1. The molecule has 1 saturated carbocycles. The van der Waals surface area contributed by atoms with Crippen LogP contribution in [0.3, 0.4) is 0 Å². The Hall–Kier alpha value is -0.570. The SMILES string of the molecule is CCN(CC1CCCNC1)C(=O)CC1CCC1. The van der Waals surface area contributed by atoms with Gasteiger partial charge < -0.3 is 10.2 Å². The van der Waals surface area contributed by atoms with Crippen molar-refractivity contribution in [2.45, 2.75) is 45.4 Å². The highest BCUT2D eigenvalue weighted by molar-refractivity contribution is 5.76. The van der Waals surface area contributed by atoms with Crippen molar-refractivity contribution >= 4 is 5.91 Å². The zero-order valence-corrected chi connectivity index (χ0v) is 11.1. The Kier molecular flexibility index (Phi) is 4.84. The fourth-order valence-electron chi connectivity index (χ4n) is 2.87. The third kappa shape index (κ3) is 3.70. The number of amides is 1. The summed E-state index contributed by atoms with van der Waals surface area (Å²) in [6.45, 7) is 6.19. The molecule has 0 spiro atoms. The molecular weight excluding hydrogens is 212 g/mol. The molecule has 17 heavy (non-hydrogen) atoms. The molecule has 1 amide bonds. The molecule has 0 radical (unpaired) electrons. The maximum Gasteiger partial charge on any atom is 0.222 e. The van der Waals surface area contributed by atoms with Crippen LogP contribution in [-0.4, -0.2) is 37.0 Å². The van der Waals surface area contributed by atoms with Crippen LogP contribution in [0, 0.1) is 11.8 Å². The topological polar surface area (TPSA) is 32.3 Å². The van der Waals surface area contributed by atoms with Gasteiger partial charge in [-0.25, -0.2) is 0 Å². The predicted octanol–water partition coefficient (Wildman–Crippen LogP) is 2.02. The molecule has 1 saturated heterocycles. The molecule has 1 N–H and O–H groups in total. The third-order valence-corrected chi connectivity index (χ3v) is 4.30. The smallest absolute Gasteiger partial charge is 0.222 e. The van der Waals surface area contributed by atoms with Gasteiger partial charge in [0, 0.05) is 19.5 Å². The first-order valence-electron chi connectivity index (χ1n) is 7.28. The molecule has 0 bridgehead atoms. The minimum atomic E-state index is 0.391. The van der Waals surface area contributed by atoms with Crippen LogP contribution in [0.2, 0.25) is 0 Å². The van der Waals surface area contributed by atoms with Crippen LogP contribution in [0.4, 0.5) is 0 Å². The van der Waals surface area contributed by atoms with Gasteiger partial charge in [0.1, 0.15) is 0 Å². The summed E-state index contributed by atoms with van der Waals surface area (Å²) in [5.74, 6) is 1.76. The number of nitrogens with one attached hydrogen (secondary N) is 1. The molecule has 98 valence electrons. The molecule has 1 aliphatic heterocycles. The van der Waals surface area contributed by atoms with Crippen molar-refractivity contribution in [2.24, 2.45) is 11.8 Å². The highest BCUT2D eigenvalue weighted by Gasteiger charge is 2.25. The summed E-state index contributed by atoms with van der Waals surface area (Å²) in [6.07, 6.45) is 7.21. The van der Waals surface area contributed by atoms with Crippen molar-refractivity contribution in [1.29, 1.82) is 0 Å². The van der Waals surface area contributed by atoms with E-state index in [1.165, 1.54) is 32.1 Å². The molecule has 1 aliphatic carbocycles. The summed E-state index contributed by atoms with van der Waals surface area (Å²) in [5, 5.41) is 3.43. The minimum Gasteiger partial charge on any atom is -0.343 e. The van der Waals surface area contributed by atoms with Crippen molar-refractivity contribution in [3.63, 3.8) is 0 Å². The second kappa shape index (κ2) is 6.39. The first kappa shape index (κ1) is 12.9. The molecule has 0 aromatic carbocycles. The summed E-state index contributed by atoms with van der Waals surface area (Å²) in [5.41, 5.74) is 0. The van der Waals surface area contributed by atoms with Crippen molar-refractivity contribution in [3.05, 3.63) is 0 Å². The Bertz CT molecular complexity index is 245. The van der Waals surface area contributed by atoms with Crippen molar-refractivity contribution < 1.29 is 4.79 Å². The van der Waals surface area contributed by atoms with E-state index >= 15 is 0 Å². The van der Waals surface area contributed by atoms with E-state index < -0.39 is 0 Å². The van der Waals surface area contributed by atoms with E-state index in [9.17, 15) is 4.79 Å². The maximum atomic E-state index is 12.2. The average Bonchev–Trinajstić information content (AvgIpc) is 2.32. The summed E-state index contributed by atoms with van der Waals surface area (Å²) in [7, 11) is 0. The lowest BCUT2D eigenvalue weighted by atomic mass is 9.82. The largest absolute Gasteiger partial charge is 0.343 e. The zero-order chi connectivity index (χ0) is 12.1. The zero-order valence-electron chi connectivity index (χ0n) is 11.1. The van der Waals surface area contributed by atoms with Crippen LogP contribution >= 0.6 is 0 Å². The first-order chi connectivity index (χ1) is 8.29. The van der Waals surface area contributed by atoms with Gasteiger partial charge in [0.05, 0.1) is 0 Å². The van der Waals surface area contributed by atoms with E-state index in [0.29, 0.717) is 17.7 Å². The summed E-state index contributed by atoms with van der Waals surface area (Å²) in [6, 6.07) is 0. The molecule has 1 unspecified atom stereocenters. The van der Waals surface area contributed by atoms with E-state index in [4.69, 9.17) is 0 Å². The molecule has 3 nitrogen and oxygen atoms in total. The van der Waals surface area contributed by atoms with Gasteiger partial charge in [0.2, 0.25) is 5.91 Å². The third-order valence-electron chi connectivity index (χ3n) is 4.30. The Labute approximate surface area is 105 Å². The average molecular weight is 238 g/mol. The first-order valence-corrected chi connectivity index (χ1v) is 7.28. The normalized spacial score (nSPS) is 25.4. The van der Waals surface area contributed by atoms with Crippen molar-refractivity contribution in [2.75, 3.05) is 26.2 Å². The predicted molar refractivity (Wildman–Crippen MR) is 69.8 cm³/mol. The van der Waals surface area contributed by atoms with Crippen LogP contribution in [-0.2, 0) is 4.79 Å². The minimum absolute atomic E-state index is 0.391. The van der Waals surface area contributed by atoms with Gasteiger partial charge in [-0.1, -0.05) is 6.42 Å². The Morgan fingerprint density at radius 1 is 1.24 bits per heavy atom. The van der Waals surface area contributed by atoms with Gasteiger partial charge in [-0.3, -0.25) is 4.79 Å². The van der Waals surface area contributed by atoms with Gasteiger partial charge in [-0.2, -0.15) is 0 Å². The van der Waals surface area contributed by atoms with Crippen molar-refractivity contribution in [3.8, 4) is 0 Å². The highest BCUT2D eigenvalue weighted by atomic mass is 16.2. The van der Waals surface area contributed by atoms with Gasteiger partial charge in [-0.05, 0) is 57.5 Å². The molecule has 0 aromatic rings. The van der Waals surface area contributed by atoms with Crippen LogP contribution in [0.5, 0.6) is 0 Å². The van der Waals surface area contributed by atoms with Gasteiger partial charge in [-0.15, -0.1) is 0 Å².